The molecule has 0 aliphatic carbocycles. The van der Waals surface area contributed by atoms with Crippen LogP contribution in [0.25, 0.3) is 0 Å². The second kappa shape index (κ2) is 8.78. The summed E-state index contributed by atoms with van der Waals surface area (Å²) in [5.74, 6) is -0.335. The minimum absolute atomic E-state index is 0.221. The molecule has 0 aromatic heterocycles. The lowest BCUT2D eigenvalue weighted by molar-refractivity contribution is -0.122. The maximum atomic E-state index is 12.9. The number of benzene rings is 2. The zero-order valence-corrected chi connectivity index (χ0v) is 18.3. The van der Waals surface area contributed by atoms with Crippen molar-refractivity contribution in [1.29, 1.82) is 0 Å². The molecule has 0 fully saturated rings. The fourth-order valence-electron chi connectivity index (χ4n) is 3.20. The summed E-state index contributed by atoms with van der Waals surface area (Å²) >= 11 is 0. The van der Waals surface area contributed by atoms with Crippen LogP contribution >= 0.6 is 0 Å². The first-order chi connectivity index (χ1) is 13.0. The summed E-state index contributed by atoms with van der Waals surface area (Å²) in [6.07, 6.45) is 2.09. The van der Waals surface area contributed by atoms with Crippen LogP contribution < -0.4 is 9.62 Å². The van der Waals surface area contributed by atoms with Gasteiger partial charge in [-0.3, -0.25) is 9.10 Å². The number of hydrogen-bond acceptors (Lipinski definition) is 3. The van der Waals surface area contributed by atoms with Crippen LogP contribution in [0.2, 0.25) is 0 Å². The first kappa shape index (κ1) is 22.0. The molecule has 2 atom stereocenters. The number of rotatable bonds is 7. The van der Waals surface area contributed by atoms with E-state index in [0.29, 0.717) is 5.69 Å². The molecule has 0 radical (unpaired) electrons. The van der Waals surface area contributed by atoms with Gasteiger partial charge in [0.1, 0.15) is 6.04 Å². The molecular weight excluding hydrogens is 372 g/mol. The van der Waals surface area contributed by atoms with E-state index in [4.69, 9.17) is 0 Å². The molecule has 2 aromatic rings. The highest BCUT2D eigenvalue weighted by atomic mass is 32.2. The minimum Gasteiger partial charge on any atom is -0.348 e. The molecule has 152 valence electrons. The zero-order chi connectivity index (χ0) is 21.1. The summed E-state index contributed by atoms with van der Waals surface area (Å²) < 4.78 is 26.2. The standard InChI is InChI=1S/C22H30N2O3S/c1-7-19-10-12-20(13-11-19)17(4)23-22(25)18(5)24(28(6,26)27)21-14-15(2)8-9-16(21)3/h8-14,17-18H,7H2,1-6H3,(H,23,25)/t17-,18+/m0/s1. The topological polar surface area (TPSA) is 66.5 Å². The summed E-state index contributed by atoms with van der Waals surface area (Å²) in [6, 6.07) is 12.6. The number of amides is 1. The Bertz CT molecular complexity index is 937. The number of carbonyl (C=O) groups excluding carboxylic acids is 1. The number of anilines is 1. The molecule has 0 aliphatic heterocycles. The summed E-state index contributed by atoms with van der Waals surface area (Å²) in [6.45, 7) is 9.35. The largest absolute Gasteiger partial charge is 0.348 e. The molecule has 6 heteroatoms. The minimum atomic E-state index is -3.64. The van der Waals surface area contributed by atoms with Gasteiger partial charge in [-0.2, -0.15) is 0 Å². The normalized spacial score (nSPS) is 13.6. The lowest BCUT2D eigenvalue weighted by Gasteiger charge is -2.30. The lowest BCUT2D eigenvalue weighted by Crippen LogP contribution is -2.48. The Balaban J connectivity index is 2.27. The van der Waals surface area contributed by atoms with Gasteiger partial charge in [-0.05, 0) is 62.4 Å². The van der Waals surface area contributed by atoms with Gasteiger partial charge in [-0.25, -0.2) is 8.42 Å². The fraction of sp³-hybridized carbons (Fsp3) is 0.409. The Labute approximate surface area is 168 Å². The maximum Gasteiger partial charge on any atom is 0.244 e. The van der Waals surface area contributed by atoms with Crippen molar-refractivity contribution in [2.45, 2.75) is 53.1 Å². The van der Waals surface area contributed by atoms with Crippen LogP contribution in [0.1, 0.15) is 49.1 Å². The molecule has 0 spiro atoms. The number of nitrogens with one attached hydrogen (secondary N) is 1. The van der Waals surface area contributed by atoms with Crippen molar-refractivity contribution >= 4 is 21.6 Å². The number of nitrogens with zero attached hydrogens (tertiary/aromatic N) is 1. The van der Waals surface area contributed by atoms with E-state index >= 15 is 0 Å². The summed E-state index contributed by atoms with van der Waals surface area (Å²) in [5, 5.41) is 2.94. The summed E-state index contributed by atoms with van der Waals surface area (Å²) in [5.41, 5.74) is 4.49. The zero-order valence-electron chi connectivity index (χ0n) is 17.5. The number of hydrogen-bond donors (Lipinski definition) is 1. The van der Waals surface area contributed by atoms with Gasteiger partial charge in [-0.15, -0.1) is 0 Å². The third-order valence-electron chi connectivity index (χ3n) is 4.94. The first-order valence-corrected chi connectivity index (χ1v) is 11.3. The molecule has 1 amide bonds. The smallest absolute Gasteiger partial charge is 0.244 e. The average Bonchev–Trinajstić information content (AvgIpc) is 2.63. The second-order valence-electron chi connectivity index (χ2n) is 7.35. The third-order valence-corrected chi connectivity index (χ3v) is 6.16. The monoisotopic (exact) mass is 402 g/mol. The molecule has 2 aromatic carbocycles. The number of aryl methyl sites for hydroxylation is 3. The van der Waals surface area contributed by atoms with Crippen molar-refractivity contribution in [2.24, 2.45) is 0 Å². The third kappa shape index (κ3) is 5.13. The molecule has 0 saturated heterocycles. The summed E-state index contributed by atoms with van der Waals surface area (Å²) in [7, 11) is -3.64. The molecule has 0 unspecified atom stereocenters. The van der Waals surface area contributed by atoms with Crippen LogP contribution in [0.4, 0.5) is 5.69 Å². The molecule has 2 rings (SSSR count). The van der Waals surface area contributed by atoms with E-state index in [0.717, 1.165) is 29.4 Å². The quantitative estimate of drug-likeness (QED) is 0.764. The van der Waals surface area contributed by atoms with Crippen LogP contribution in [0.15, 0.2) is 42.5 Å². The van der Waals surface area contributed by atoms with Crippen molar-refractivity contribution in [1.82, 2.24) is 5.32 Å². The Kier molecular flexibility index (Phi) is 6.88. The number of carbonyl (C=O) groups is 1. The van der Waals surface area contributed by atoms with Crippen molar-refractivity contribution < 1.29 is 13.2 Å². The van der Waals surface area contributed by atoms with Crippen molar-refractivity contribution in [3.63, 3.8) is 0 Å². The molecule has 1 N–H and O–H groups in total. The molecular formula is C22H30N2O3S. The number of sulfonamides is 1. The van der Waals surface area contributed by atoms with Gasteiger partial charge in [0, 0.05) is 0 Å². The van der Waals surface area contributed by atoms with Crippen LogP contribution in [0.5, 0.6) is 0 Å². The van der Waals surface area contributed by atoms with E-state index in [9.17, 15) is 13.2 Å². The maximum absolute atomic E-state index is 12.9. The van der Waals surface area contributed by atoms with Gasteiger partial charge < -0.3 is 5.32 Å². The molecule has 5 nitrogen and oxygen atoms in total. The van der Waals surface area contributed by atoms with Gasteiger partial charge >= 0.3 is 0 Å². The molecule has 0 aliphatic rings. The van der Waals surface area contributed by atoms with Crippen LogP contribution in [0, 0.1) is 13.8 Å². The molecule has 0 heterocycles. The van der Waals surface area contributed by atoms with Crippen molar-refractivity contribution in [2.75, 3.05) is 10.6 Å². The molecule has 28 heavy (non-hydrogen) atoms. The van der Waals surface area contributed by atoms with Gasteiger partial charge in [0.2, 0.25) is 15.9 Å². The van der Waals surface area contributed by atoms with Crippen molar-refractivity contribution in [3.05, 3.63) is 64.7 Å². The van der Waals surface area contributed by atoms with Crippen molar-refractivity contribution in [3.8, 4) is 0 Å². The Morgan fingerprint density at radius 2 is 1.68 bits per heavy atom. The highest BCUT2D eigenvalue weighted by molar-refractivity contribution is 7.92. The van der Waals surface area contributed by atoms with Gasteiger partial charge in [-0.1, -0.05) is 43.3 Å². The highest BCUT2D eigenvalue weighted by Gasteiger charge is 2.30. The van der Waals surface area contributed by atoms with Gasteiger partial charge in [0.25, 0.3) is 0 Å². The highest BCUT2D eigenvalue weighted by Crippen LogP contribution is 2.26. The van der Waals surface area contributed by atoms with Crippen LogP contribution in [-0.4, -0.2) is 26.6 Å². The van der Waals surface area contributed by atoms with E-state index in [1.807, 2.05) is 57.2 Å². The first-order valence-electron chi connectivity index (χ1n) is 9.50. The molecule has 0 bridgehead atoms. The Hall–Kier alpha value is -2.34. The summed E-state index contributed by atoms with van der Waals surface area (Å²) in [4.78, 5) is 12.9. The van der Waals surface area contributed by atoms with E-state index in [2.05, 4.69) is 12.2 Å². The second-order valence-corrected chi connectivity index (χ2v) is 9.21. The predicted molar refractivity (Wildman–Crippen MR) is 115 cm³/mol. The Morgan fingerprint density at radius 3 is 2.21 bits per heavy atom. The average molecular weight is 403 g/mol. The molecule has 0 saturated carbocycles. The Morgan fingerprint density at radius 1 is 1.07 bits per heavy atom. The SMILES string of the molecule is CCc1ccc([C@H](C)NC(=O)[C@@H](C)N(c2cc(C)ccc2C)S(C)(=O)=O)cc1. The lowest BCUT2D eigenvalue weighted by atomic mass is 10.0. The van der Waals surface area contributed by atoms with E-state index in [1.54, 1.807) is 13.0 Å². The van der Waals surface area contributed by atoms with Crippen LogP contribution in [-0.2, 0) is 21.2 Å². The van der Waals surface area contributed by atoms with E-state index < -0.39 is 16.1 Å². The fourth-order valence-corrected chi connectivity index (χ4v) is 4.42. The predicted octanol–water partition coefficient (Wildman–Crippen LogP) is 3.90. The van der Waals surface area contributed by atoms with Crippen LogP contribution in [0.3, 0.4) is 0 Å². The van der Waals surface area contributed by atoms with E-state index in [-0.39, 0.29) is 11.9 Å². The van der Waals surface area contributed by atoms with Gasteiger partial charge in [0.15, 0.2) is 0 Å². The van der Waals surface area contributed by atoms with E-state index in [1.165, 1.54) is 9.87 Å². The van der Waals surface area contributed by atoms with Gasteiger partial charge in [0.05, 0.1) is 18.0 Å².